The molecule has 1 atom stereocenters. The number of carbonyl (C=O) groups excluding carboxylic acids is 1. The summed E-state index contributed by atoms with van der Waals surface area (Å²) in [5.41, 5.74) is 1.03. The van der Waals surface area contributed by atoms with Crippen LogP contribution >= 0.6 is 0 Å². The van der Waals surface area contributed by atoms with E-state index in [4.69, 9.17) is 18.9 Å². The summed E-state index contributed by atoms with van der Waals surface area (Å²) in [4.78, 5) is 14.2. The number of methoxy groups -OCH3 is 1. The molecule has 2 aliphatic rings. The first-order valence-electron chi connectivity index (χ1n) is 11.1. The van der Waals surface area contributed by atoms with Gasteiger partial charge in [-0.1, -0.05) is 30.3 Å². The molecule has 168 valence electrons. The molecule has 1 aromatic carbocycles. The lowest BCUT2D eigenvalue weighted by Gasteiger charge is -2.46. The summed E-state index contributed by atoms with van der Waals surface area (Å²) in [6, 6.07) is 10.2. The summed E-state index contributed by atoms with van der Waals surface area (Å²) in [6.07, 6.45) is 4.58. The van der Waals surface area contributed by atoms with E-state index in [1.165, 1.54) is 5.56 Å². The molecule has 0 bridgehead atoms. The Bertz CT molecular complexity index is 619. The van der Waals surface area contributed by atoms with Crippen LogP contribution in [-0.2, 0) is 25.6 Å². The molecule has 0 saturated carbocycles. The summed E-state index contributed by atoms with van der Waals surface area (Å²) < 4.78 is 23.0. The van der Waals surface area contributed by atoms with Gasteiger partial charge >= 0.3 is 6.03 Å². The molecule has 7 nitrogen and oxygen atoms in total. The van der Waals surface area contributed by atoms with Crippen molar-refractivity contribution in [2.45, 2.75) is 50.4 Å². The molecule has 0 aliphatic carbocycles. The molecular formula is C23H36N2O5. The molecule has 1 aromatic rings. The lowest BCUT2D eigenvalue weighted by molar-refractivity contribution is -0.155. The third kappa shape index (κ3) is 7.23. The predicted octanol–water partition coefficient (Wildman–Crippen LogP) is 2.98. The highest BCUT2D eigenvalue weighted by molar-refractivity contribution is 5.74. The lowest BCUT2D eigenvalue weighted by atomic mass is 9.83. The van der Waals surface area contributed by atoms with Crippen molar-refractivity contribution in [3.8, 4) is 0 Å². The Morgan fingerprint density at radius 1 is 1.20 bits per heavy atom. The van der Waals surface area contributed by atoms with Gasteiger partial charge in [0.25, 0.3) is 0 Å². The number of likely N-dealkylation sites (tertiary alicyclic amines) is 1. The zero-order valence-corrected chi connectivity index (χ0v) is 18.1. The third-order valence-corrected chi connectivity index (χ3v) is 5.90. The monoisotopic (exact) mass is 420 g/mol. The van der Waals surface area contributed by atoms with Gasteiger partial charge in [-0.25, -0.2) is 4.79 Å². The highest BCUT2D eigenvalue weighted by atomic mass is 16.5. The van der Waals surface area contributed by atoms with Crippen molar-refractivity contribution >= 4 is 6.03 Å². The number of ether oxygens (including phenoxy) is 4. The molecule has 7 heteroatoms. The molecule has 1 unspecified atom stereocenters. The van der Waals surface area contributed by atoms with Crippen LogP contribution in [0.5, 0.6) is 0 Å². The van der Waals surface area contributed by atoms with Gasteiger partial charge in [0.2, 0.25) is 0 Å². The van der Waals surface area contributed by atoms with Crippen LogP contribution in [0.2, 0.25) is 0 Å². The van der Waals surface area contributed by atoms with Gasteiger partial charge in [0, 0.05) is 46.4 Å². The van der Waals surface area contributed by atoms with E-state index in [9.17, 15) is 4.79 Å². The van der Waals surface area contributed by atoms with Gasteiger partial charge in [0.05, 0.1) is 31.5 Å². The summed E-state index contributed by atoms with van der Waals surface area (Å²) in [7, 11) is 1.67. The maximum absolute atomic E-state index is 12.3. The Morgan fingerprint density at radius 2 is 2.00 bits per heavy atom. The smallest absolute Gasteiger partial charge is 0.317 e. The maximum Gasteiger partial charge on any atom is 0.317 e. The quantitative estimate of drug-likeness (QED) is 0.590. The van der Waals surface area contributed by atoms with Crippen LogP contribution in [0, 0.1) is 0 Å². The van der Waals surface area contributed by atoms with E-state index >= 15 is 0 Å². The Hall–Kier alpha value is -1.67. The van der Waals surface area contributed by atoms with Gasteiger partial charge in [-0.2, -0.15) is 0 Å². The zero-order valence-electron chi connectivity index (χ0n) is 18.1. The van der Waals surface area contributed by atoms with Crippen LogP contribution in [0.1, 0.15) is 37.7 Å². The minimum absolute atomic E-state index is 0.0140. The van der Waals surface area contributed by atoms with Crippen LogP contribution < -0.4 is 5.32 Å². The second-order valence-electron chi connectivity index (χ2n) is 8.12. The van der Waals surface area contributed by atoms with Gasteiger partial charge in [0.15, 0.2) is 0 Å². The Balaban J connectivity index is 1.32. The Morgan fingerprint density at radius 3 is 2.77 bits per heavy atom. The van der Waals surface area contributed by atoms with Crippen molar-refractivity contribution in [3.63, 3.8) is 0 Å². The van der Waals surface area contributed by atoms with Gasteiger partial charge in [-0.05, 0) is 31.2 Å². The molecule has 1 spiro atoms. The number of hydrogen-bond donors (Lipinski definition) is 1. The summed E-state index contributed by atoms with van der Waals surface area (Å²) in [5, 5.41) is 2.97. The van der Waals surface area contributed by atoms with Crippen molar-refractivity contribution in [2.75, 3.05) is 53.2 Å². The predicted molar refractivity (Wildman–Crippen MR) is 114 cm³/mol. The fourth-order valence-electron chi connectivity index (χ4n) is 4.15. The summed E-state index contributed by atoms with van der Waals surface area (Å²) in [6.45, 7) is 5.29. The van der Waals surface area contributed by atoms with Gasteiger partial charge in [-0.3, -0.25) is 0 Å². The molecule has 2 fully saturated rings. The largest absolute Gasteiger partial charge is 0.385 e. The van der Waals surface area contributed by atoms with E-state index in [0.29, 0.717) is 33.0 Å². The van der Waals surface area contributed by atoms with Gasteiger partial charge in [0.1, 0.15) is 0 Å². The van der Waals surface area contributed by atoms with Crippen molar-refractivity contribution in [3.05, 3.63) is 35.9 Å². The minimum Gasteiger partial charge on any atom is -0.385 e. The van der Waals surface area contributed by atoms with E-state index in [1.54, 1.807) is 7.11 Å². The molecule has 3 rings (SSSR count). The fourth-order valence-corrected chi connectivity index (χ4v) is 4.15. The number of urea groups is 1. The normalized spacial score (nSPS) is 21.0. The molecule has 2 amide bonds. The average molecular weight is 421 g/mol. The van der Waals surface area contributed by atoms with Crippen molar-refractivity contribution in [1.29, 1.82) is 0 Å². The highest BCUT2D eigenvalue weighted by Crippen LogP contribution is 2.36. The van der Waals surface area contributed by atoms with E-state index in [0.717, 1.165) is 51.8 Å². The molecule has 2 aliphatic heterocycles. The van der Waals surface area contributed by atoms with Crippen LogP contribution in [0.25, 0.3) is 0 Å². The van der Waals surface area contributed by atoms with Crippen molar-refractivity contribution < 1.29 is 23.7 Å². The molecular weight excluding hydrogens is 384 g/mol. The summed E-state index contributed by atoms with van der Waals surface area (Å²) >= 11 is 0. The van der Waals surface area contributed by atoms with Crippen LogP contribution in [-0.4, -0.2) is 75.8 Å². The van der Waals surface area contributed by atoms with Crippen LogP contribution in [0.15, 0.2) is 30.3 Å². The topological polar surface area (TPSA) is 69.3 Å². The highest BCUT2D eigenvalue weighted by Gasteiger charge is 2.41. The maximum atomic E-state index is 12.3. The molecule has 0 radical (unpaired) electrons. The number of benzene rings is 1. The fraction of sp³-hybridized carbons (Fsp3) is 0.696. The van der Waals surface area contributed by atoms with Gasteiger partial charge < -0.3 is 29.2 Å². The van der Waals surface area contributed by atoms with E-state index < -0.39 is 0 Å². The van der Waals surface area contributed by atoms with Crippen molar-refractivity contribution in [1.82, 2.24) is 10.2 Å². The van der Waals surface area contributed by atoms with Crippen molar-refractivity contribution in [2.24, 2.45) is 0 Å². The first kappa shape index (κ1) is 23.0. The lowest BCUT2D eigenvalue weighted by Crippen LogP contribution is -2.53. The van der Waals surface area contributed by atoms with E-state index in [-0.39, 0.29) is 17.7 Å². The second-order valence-corrected chi connectivity index (χ2v) is 8.12. The summed E-state index contributed by atoms with van der Waals surface area (Å²) in [5.74, 6) is 0. The van der Waals surface area contributed by atoms with Crippen LogP contribution in [0.4, 0.5) is 4.79 Å². The standard InChI is InChI=1S/C23H36N2O5/c1-27-14-5-11-24-22(26)25-12-9-23(10-13-25)18-21(8-15-30-23)29-17-16-28-19-20-6-3-2-4-7-20/h2-4,6-7,21H,5,8-19H2,1H3,(H,24,26). The first-order valence-corrected chi connectivity index (χ1v) is 11.1. The molecule has 2 saturated heterocycles. The van der Waals surface area contributed by atoms with Gasteiger partial charge in [-0.15, -0.1) is 0 Å². The number of amides is 2. The number of carbonyl (C=O) groups is 1. The number of piperidine rings is 1. The number of rotatable bonds is 10. The molecule has 1 N–H and O–H groups in total. The number of nitrogens with zero attached hydrogens (tertiary/aromatic N) is 1. The Kier molecular flexibility index (Phi) is 9.39. The first-order chi connectivity index (χ1) is 14.7. The Labute approximate surface area is 180 Å². The molecule has 30 heavy (non-hydrogen) atoms. The third-order valence-electron chi connectivity index (χ3n) is 5.90. The van der Waals surface area contributed by atoms with E-state index in [1.807, 2.05) is 23.1 Å². The number of nitrogens with one attached hydrogen (secondary N) is 1. The molecule has 2 heterocycles. The number of hydrogen-bond acceptors (Lipinski definition) is 5. The zero-order chi connectivity index (χ0) is 21.1. The average Bonchev–Trinajstić information content (AvgIpc) is 2.78. The second kappa shape index (κ2) is 12.2. The van der Waals surface area contributed by atoms with Crippen LogP contribution in [0.3, 0.4) is 0 Å². The SMILES string of the molecule is COCCCNC(=O)N1CCC2(CC1)CC(OCCOCc1ccccc1)CCO2. The van der Waals surface area contributed by atoms with E-state index in [2.05, 4.69) is 17.4 Å². The minimum atomic E-state index is -0.152. The molecule has 0 aromatic heterocycles.